The Hall–Kier alpha value is -1.00. The summed E-state index contributed by atoms with van der Waals surface area (Å²) >= 11 is 0. The Bertz CT molecular complexity index is 325. The maximum absolute atomic E-state index is 4.11. The number of likely N-dealkylation sites (N-methyl/N-ethyl adjacent to an activating group) is 1. The number of hydrogen-bond donors (Lipinski definition) is 1. The van der Waals surface area contributed by atoms with Crippen molar-refractivity contribution in [3.8, 4) is 0 Å². The molecule has 0 atom stereocenters. The van der Waals surface area contributed by atoms with Crippen LogP contribution in [0.1, 0.15) is 23.9 Å². The molecule has 0 aliphatic rings. The van der Waals surface area contributed by atoms with E-state index in [1.165, 1.54) is 5.56 Å². The molecule has 0 saturated carbocycles. The van der Waals surface area contributed by atoms with Crippen molar-refractivity contribution in [1.29, 1.82) is 0 Å². The van der Waals surface area contributed by atoms with Crippen molar-refractivity contribution >= 4 is 0 Å². The first-order valence-electron chi connectivity index (χ1n) is 5.82. The number of aromatic nitrogens is 2. The summed E-state index contributed by atoms with van der Waals surface area (Å²) in [7, 11) is 2.13. The van der Waals surface area contributed by atoms with Gasteiger partial charge >= 0.3 is 0 Å². The van der Waals surface area contributed by atoms with Crippen molar-refractivity contribution in [3.05, 3.63) is 23.0 Å². The molecule has 1 heterocycles. The van der Waals surface area contributed by atoms with Crippen molar-refractivity contribution in [2.24, 2.45) is 0 Å². The highest BCUT2D eigenvalue weighted by atomic mass is 15.1. The Morgan fingerprint density at radius 2 is 2.06 bits per heavy atom. The molecule has 1 N–H and O–H groups in total. The predicted octanol–water partition coefficient (Wildman–Crippen LogP) is 1.13. The minimum Gasteiger partial charge on any atom is -0.311 e. The zero-order valence-corrected chi connectivity index (χ0v) is 10.7. The minimum absolute atomic E-state index is 0.875. The molecule has 16 heavy (non-hydrogen) atoms. The van der Waals surface area contributed by atoms with Crippen LogP contribution in [0.3, 0.4) is 0 Å². The SMILES string of the molecule is CCN(C)CCNCc1cc(C)nnc1C. The molecule has 1 aromatic heterocycles. The van der Waals surface area contributed by atoms with Crippen molar-refractivity contribution < 1.29 is 0 Å². The van der Waals surface area contributed by atoms with Crippen molar-refractivity contribution in [2.45, 2.75) is 27.3 Å². The molecule has 0 unspecified atom stereocenters. The minimum atomic E-state index is 0.875. The molecule has 0 aromatic carbocycles. The smallest absolute Gasteiger partial charge is 0.0645 e. The van der Waals surface area contributed by atoms with Gasteiger partial charge in [0.15, 0.2) is 0 Å². The second-order valence-corrected chi connectivity index (χ2v) is 4.17. The van der Waals surface area contributed by atoms with Crippen LogP contribution < -0.4 is 5.32 Å². The molecule has 1 aromatic rings. The van der Waals surface area contributed by atoms with Crippen LogP contribution >= 0.6 is 0 Å². The molecule has 1 rings (SSSR count). The van der Waals surface area contributed by atoms with Crippen LogP contribution in [0, 0.1) is 13.8 Å². The van der Waals surface area contributed by atoms with Crippen LogP contribution in [0.5, 0.6) is 0 Å². The largest absolute Gasteiger partial charge is 0.311 e. The molecule has 0 aliphatic heterocycles. The predicted molar refractivity (Wildman–Crippen MR) is 66.4 cm³/mol. The first-order chi connectivity index (χ1) is 7.63. The van der Waals surface area contributed by atoms with E-state index in [1.807, 2.05) is 13.8 Å². The molecule has 0 spiro atoms. The summed E-state index contributed by atoms with van der Waals surface area (Å²) in [5, 5.41) is 11.6. The summed E-state index contributed by atoms with van der Waals surface area (Å²) in [6, 6.07) is 2.10. The Morgan fingerprint density at radius 3 is 2.75 bits per heavy atom. The van der Waals surface area contributed by atoms with Gasteiger partial charge < -0.3 is 10.2 Å². The summed E-state index contributed by atoms with van der Waals surface area (Å²) in [5.41, 5.74) is 3.24. The topological polar surface area (TPSA) is 41.0 Å². The summed E-state index contributed by atoms with van der Waals surface area (Å²) in [4.78, 5) is 2.29. The van der Waals surface area contributed by atoms with Gasteiger partial charge in [0, 0.05) is 19.6 Å². The lowest BCUT2D eigenvalue weighted by atomic mass is 10.2. The molecule has 4 nitrogen and oxygen atoms in total. The summed E-state index contributed by atoms with van der Waals surface area (Å²) in [6.07, 6.45) is 0. The van der Waals surface area contributed by atoms with Crippen LogP contribution in [0.4, 0.5) is 0 Å². The molecule has 0 amide bonds. The van der Waals surface area contributed by atoms with Gasteiger partial charge in [0.1, 0.15) is 0 Å². The average molecular weight is 222 g/mol. The average Bonchev–Trinajstić information content (AvgIpc) is 2.28. The lowest BCUT2D eigenvalue weighted by molar-refractivity contribution is 0.349. The lowest BCUT2D eigenvalue weighted by Gasteiger charge is -2.14. The number of aryl methyl sites for hydroxylation is 2. The maximum Gasteiger partial charge on any atom is 0.0645 e. The van der Waals surface area contributed by atoms with E-state index >= 15 is 0 Å². The third-order valence-corrected chi connectivity index (χ3v) is 2.73. The van der Waals surface area contributed by atoms with Gasteiger partial charge in [-0.2, -0.15) is 10.2 Å². The van der Waals surface area contributed by atoms with Crippen LogP contribution in [0.2, 0.25) is 0 Å². The Kier molecular flexibility index (Phi) is 5.35. The van der Waals surface area contributed by atoms with E-state index < -0.39 is 0 Å². The number of nitrogens with zero attached hydrogens (tertiary/aromatic N) is 3. The fourth-order valence-corrected chi connectivity index (χ4v) is 1.43. The Morgan fingerprint density at radius 1 is 1.31 bits per heavy atom. The summed E-state index contributed by atoms with van der Waals surface area (Å²) < 4.78 is 0. The van der Waals surface area contributed by atoms with Crippen LogP contribution in [-0.4, -0.2) is 41.8 Å². The highest BCUT2D eigenvalue weighted by Gasteiger charge is 2.01. The zero-order chi connectivity index (χ0) is 12.0. The van der Waals surface area contributed by atoms with Gasteiger partial charge in [0.25, 0.3) is 0 Å². The quantitative estimate of drug-likeness (QED) is 0.733. The van der Waals surface area contributed by atoms with Gasteiger partial charge in [0.2, 0.25) is 0 Å². The number of hydrogen-bond acceptors (Lipinski definition) is 4. The molecule has 4 heteroatoms. The van der Waals surface area contributed by atoms with E-state index in [1.54, 1.807) is 0 Å². The first kappa shape index (κ1) is 13.1. The summed E-state index contributed by atoms with van der Waals surface area (Å²) in [6.45, 7) is 10.2. The maximum atomic E-state index is 4.11. The van der Waals surface area contributed by atoms with Gasteiger partial charge in [-0.15, -0.1) is 0 Å². The number of nitrogens with one attached hydrogen (secondary N) is 1. The van der Waals surface area contributed by atoms with Crippen LogP contribution in [-0.2, 0) is 6.54 Å². The van der Waals surface area contributed by atoms with Crippen LogP contribution in [0.25, 0.3) is 0 Å². The third kappa shape index (κ3) is 4.24. The van der Waals surface area contributed by atoms with E-state index in [-0.39, 0.29) is 0 Å². The van der Waals surface area contributed by atoms with Crippen molar-refractivity contribution in [3.63, 3.8) is 0 Å². The first-order valence-corrected chi connectivity index (χ1v) is 5.82. The Labute approximate surface area is 98.1 Å². The highest BCUT2D eigenvalue weighted by molar-refractivity contribution is 5.19. The van der Waals surface area contributed by atoms with E-state index in [0.29, 0.717) is 0 Å². The van der Waals surface area contributed by atoms with E-state index in [4.69, 9.17) is 0 Å². The van der Waals surface area contributed by atoms with Gasteiger partial charge in [-0.3, -0.25) is 0 Å². The van der Waals surface area contributed by atoms with Gasteiger partial charge in [0.05, 0.1) is 11.4 Å². The van der Waals surface area contributed by atoms with E-state index in [9.17, 15) is 0 Å². The molecule has 0 bridgehead atoms. The van der Waals surface area contributed by atoms with Crippen molar-refractivity contribution in [1.82, 2.24) is 20.4 Å². The second-order valence-electron chi connectivity index (χ2n) is 4.17. The summed E-state index contributed by atoms with van der Waals surface area (Å²) in [5.74, 6) is 0. The van der Waals surface area contributed by atoms with Crippen LogP contribution in [0.15, 0.2) is 6.07 Å². The second kappa shape index (κ2) is 6.55. The molecule has 0 radical (unpaired) electrons. The third-order valence-electron chi connectivity index (χ3n) is 2.73. The van der Waals surface area contributed by atoms with E-state index in [0.717, 1.165) is 37.6 Å². The van der Waals surface area contributed by atoms with E-state index in [2.05, 4.69) is 40.5 Å². The fourth-order valence-electron chi connectivity index (χ4n) is 1.43. The molecular formula is C12H22N4. The molecule has 0 fully saturated rings. The molecule has 90 valence electrons. The van der Waals surface area contributed by atoms with Crippen molar-refractivity contribution in [2.75, 3.05) is 26.7 Å². The zero-order valence-electron chi connectivity index (χ0n) is 10.7. The Balaban J connectivity index is 2.34. The lowest BCUT2D eigenvalue weighted by Crippen LogP contribution is -2.29. The highest BCUT2D eigenvalue weighted by Crippen LogP contribution is 2.04. The molecule has 0 saturated heterocycles. The van der Waals surface area contributed by atoms with Gasteiger partial charge in [-0.05, 0) is 39.1 Å². The van der Waals surface area contributed by atoms with Gasteiger partial charge in [-0.1, -0.05) is 6.92 Å². The monoisotopic (exact) mass is 222 g/mol. The van der Waals surface area contributed by atoms with Gasteiger partial charge in [-0.25, -0.2) is 0 Å². The standard InChI is InChI=1S/C12H22N4/c1-5-16(4)7-6-13-9-12-8-10(2)14-15-11(12)3/h8,13H,5-7,9H2,1-4H3. The molecular weight excluding hydrogens is 200 g/mol. The molecule has 0 aliphatic carbocycles. The number of rotatable bonds is 6. The fraction of sp³-hybridized carbons (Fsp3) is 0.667. The normalized spacial score (nSPS) is 11.1.